The van der Waals surface area contributed by atoms with Gasteiger partial charge in [0, 0.05) is 54.3 Å². The fourth-order valence-corrected chi connectivity index (χ4v) is 11.3. The molecule has 310 valence electrons. The number of para-hydroxylation sites is 3. The fraction of sp³-hybridized carbons (Fsp3) is 0.0159. The Kier molecular flexibility index (Phi) is 7.41. The first kappa shape index (κ1) is 31.6. The minimum atomic E-state index is -1.45. The van der Waals surface area contributed by atoms with Crippen molar-refractivity contribution in [3.8, 4) is 11.1 Å². The van der Waals surface area contributed by atoms with Crippen LogP contribution in [0.1, 0.15) is 31.8 Å². The molecular weight excluding hydrogens is 817 g/mol. The van der Waals surface area contributed by atoms with Crippen LogP contribution >= 0.6 is 11.3 Å². The molecule has 11 aromatic carbocycles. The Morgan fingerprint density at radius 2 is 0.879 bits per heavy atom. The maximum atomic E-state index is 10.3. The zero-order chi connectivity index (χ0) is 49.7. The lowest BCUT2D eigenvalue weighted by atomic mass is 9.67. The number of rotatable bonds is 8. The molecule has 1 unspecified atom stereocenters. The van der Waals surface area contributed by atoms with E-state index < -0.39 is 29.6 Å². The number of nitrogens with zero attached hydrogens (tertiary/aromatic N) is 2. The first-order valence-corrected chi connectivity index (χ1v) is 22.9. The Hall–Kier alpha value is -8.24. The summed E-state index contributed by atoms with van der Waals surface area (Å²) in [5.74, 6) is 0. The van der Waals surface area contributed by atoms with Crippen LogP contribution in [0.3, 0.4) is 0 Å². The quantitative estimate of drug-likeness (QED) is 0.150. The van der Waals surface area contributed by atoms with Crippen molar-refractivity contribution in [3.05, 3.63) is 277 Å². The summed E-state index contributed by atoms with van der Waals surface area (Å²) in [6.45, 7) is 0. The lowest BCUT2D eigenvalue weighted by molar-refractivity contribution is 0.771. The fourth-order valence-electron chi connectivity index (χ4n) is 10.2. The summed E-state index contributed by atoms with van der Waals surface area (Å²) < 4.78 is 68.1. The molecule has 1 aliphatic carbocycles. The molecule has 1 atom stereocenters. The molecule has 0 N–H and O–H groups in total. The SMILES string of the molecule is [2H]c1c([2H])c([2H])c2c([2H])c(C3(c4ccc5sc6ccccc6c5c4)c4ccc(N(c5ccccc5)c5ccccc5)cc4-c4cc(N(c5ccccc5)c5ccc6ccccc6c5)ccc43)c([2H])c([2H])c2c1[2H]. The second-order valence-electron chi connectivity index (χ2n) is 16.7. The second-order valence-corrected chi connectivity index (χ2v) is 17.8. The number of anilines is 6. The van der Waals surface area contributed by atoms with Crippen molar-refractivity contribution in [1.29, 1.82) is 0 Å². The van der Waals surface area contributed by atoms with Gasteiger partial charge in [-0.3, -0.25) is 0 Å². The monoisotopic (exact) mass is 865 g/mol. The Morgan fingerprint density at radius 1 is 0.348 bits per heavy atom. The summed E-state index contributed by atoms with van der Waals surface area (Å²) >= 11 is 1.70. The second kappa shape index (κ2) is 15.5. The molecule has 1 aromatic heterocycles. The van der Waals surface area contributed by atoms with E-state index >= 15 is 0 Å². The Balaban J connectivity index is 1.18. The average Bonchev–Trinajstić information content (AvgIpc) is 3.95. The van der Waals surface area contributed by atoms with Crippen molar-refractivity contribution in [3.63, 3.8) is 0 Å². The van der Waals surface area contributed by atoms with E-state index in [1.807, 2.05) is 78.9 Å². The molecule has 2 nitrogen and oxygen atoms in total. The maximum absolute atomic E-state index is 10.3. The Labute approximate surface area is 398 Å². The van der Waals surface area contributed by atoms with Gasteiger partial charge in [-0.15, -0.1) is 11.3 Å². The molecule has 0 radical (unpaired) electrons. The van der Waals surface area contributed by atoms with E-state index in [4.69, 9.17) is 4.11 Å². The van der Waals surface area contributed by atoms with Crippen molar-refractivity contribution >= 4 is 87.2 Å². The van der Waals surface area contributed by atoms with E-state index in [0.717, 1.165) is 92.9 Å². The highest BCUT2D eigenvalue weighted by molar-refractivity contribution is 7.25. The molecule has 12 aromatic rings. The zero-order valence-corrected chi connectivity index (χ0v) is 36.3. The lowest BCUT2D eigenvalue weighted by Crippen LogP contribution is -2.28. The van der Waals surface area contributed by atoms with Crippen LogP contribution in [0, 0.1) is 0 Å². The molecule has 0 aliphatic heterocycles. The van der Waals surface area contributed by atoms with Crippen LogP contribution in [0.5, 0.6) is 0 Å². The highest BCUT2D eigenvalue weighted by Crippen LogP contribution is 2.59. The predicted octanol–water partition coefficient (Wildman–Crippen LogP) is 17.7. The van der Waals surface area contributed by atoms with Crippen molar-refractivity contribution < 1.29 is 9.60 Å². The number of hydrogen-bond acceptors (Lipinski definition) is 3. The Bertz CT molecular complexity index is 4160. The van der Waals surface area contributed by atoms with Gasteiger partial charge in [-0.2, -0.15) is 0 Å². The van der Waals surface area contributed by atoms with Crippen LogP contribution in [-0.2, 0) is 5.41 Å². The summed E-state index contributed by atoms with van der Waals surface area (Å²) in [5.41, 5.74) is 8.34. The van der Waals surface area contributed by atoms with Gasteiger partial charge in [-0.1, -0.05) is 158 Å². The third-order valence-corrected chi connectivity index (χ3v) is 14.2. The van der Waals surface area contributed by atoms with E-state index in [9.17, 15) is 5.48 Å². The first-order chi connectivity index (χ1) is 35.6. The highest BCUT2D eigenvalue weighted by Gasteiger charge is 2.47. The summed E-state index contributed by atoms with van der Waals surface area (Å²) in [6.07, 6.45) is 0. The van der Waals surface area contributed by atoms with Gasteiger partial charge in [0.05, 0.1) is 15.0 Å². The molecule has 1 heterocycles. The third kappa shape index (κ3) is 6.09. The van der Waals surface area contributed by atoms with Crippen molar-refractivity contribution in [2.45, 2.75) is 5.41 Å². The minimum absolute atomic E-state index is 0.0856. The maximum Gasteiger partial charge on any atom is 0.0714 e. The van der Waals surface area contributed by atoms with Crippen LogP contribution in [-0.4, -0.2) is 0 Å². The third-order valence-electron chi connectivity index (χ3n) is 13.1. The van der Waals surface area contributed by atoms with Gasteiger partial charge in [0.25, 0.3) is 0 Å². The standard InChI is InChI=1S/C63H42N2S/c1-4-20-49(21-5-1)64(50-22-6-2-7-23-50)53-33-35-59-56(41-53)57-42-54(65(51-24-8-3-9-25-51)52-32-29-44-17-11-13-19-46(44)39-52)34-36-60(57)63(59,47-30-28-43-16-10-12-18-45(43)38-47)48-31-37-62-58(40-48)55-26-14-15-27-61(55)66-62/h1-42H/i10D,12D,16D,18D,28D,30D,38D. The molecule has 0 spiro atoms. The van der Waals surface area contributed by atoms with Crippen molar-refractivity contribution in [2.24, 2.45) is 0 Å². The molecule has 66 heavy (non-hydrogen) atoms. The van der Waals surface area contributed by atoms with Gasteiger partial charge < -0.3 is 9.80 Å². The molecule has 3 heteroatoms. The molecule has 1 aliphatic rings. The van der Waals surface area contributed by atoms with Crippen LogP contribution < -0.4 is 9.80 Å². The van der Waals surface area contributed by atoms with E-state index in [-0.39, 0.29) is 34.5 Å². The van der Waals surface area contributed by atoms with E-state index in [0.29, 0.717) is 0 Å². The van der Waals surface area contributed by atoms with E-state index in [2.05, 4.69) is 143 Å². The van der Waals surface area contributed by atoms with Crippen molar-refractivity contribution in [1.82, 2.24) is 0 Å². The van der Waals surface area contributed by atoms with Crippen LogP contribution in [0.2, 0.25) is 0 Å². The summed E-state index contributed by atoms with van der Waals surface area (Å²) in [6, 6.07) is 70.3. The highest BCUT2D eigenvalue weighted by atomic mass is 32.1. The van der Waals surface area contributed by atoms with Gasteiger partial charge in [0.1, 0.15) is 0 Å². The normalized spacial score (nSPS) is 15.6. The van der Waals surface area contributed by atoms with Gasteiger partial charge in [0.2, 0.25) is 0 Å². The van der Waals surface area contributed by atoms with Gasteiger partial charge in [0.15, 0.2) is 0 Å². The summed E-state index contributed by atoms with van der Waals surface area (Å²) in [7, 11) is 0. The molecule has 0 bridgehead atoms. The predicted molar refractivity (Wildman–Crippen MR) is 281 cm³/mol. The van der Waals surface area contributed by atoms with Gasteiger partial charge in [-0.25, -0.2) is 0 Å². The summed E-state index contributed by atoms with van der Waals surface area (Å²) in [4.78, 5) is 4.47. The topological polar surface area (TPSA) is 6.48 Å². The number of fused-ring (bicyclic) bond motifs is 8. The number of benzene rings is 11. The van der Waals surface area contributed by atoms with E-state index in [1.54, 1.807) is 11.3 Å². The number of hydrogen-bond donors (Lipinski definition) is 0. The largest absolute Gasteiger partial charge is 0.310 e. The van der Waals surface area contributed by atoms with Crippen LogP contribution in [0.4, 0.5) is 34.1 Å². The van der Waals surface area contributed by atoms with E-state index in [1.165, 1.54) is 0 Å². The van der Waals surface area contributed by atoms with Crippen LogP contribution in [0.15, 0.2) is 255 Å². The molecular formula is C63H42N2S. The lowest BCUT2D eigenvalue weighted by Gasteiger charge is -2.35. The number of thiophene rings is 1. The first-order valence-electron chi connectivity index (χ1n) is 25.6. The molecule has 0 amide bonds. The Morgan fingerprint density at radius 3 is 1.55 bits per heavy atom. The van der Waals surface area contributed by atoms with Gasteiger partial charge in [-0.05, 0) is 152 Å². The smallest absolute Gasteiger partial charge is 0.0714 e. The average molecular weight is 866 g/mol. The van der Waals surface area contributed by atoms with Crippen molar-refractivity contribution in [2.75, 3.05) is 9.80 Å². The molecule has 0 fully saturated rings. The summed E-state index contributed by atoms with van der Waals surface area (Å²) in [5, 5.41) is 4.09. The molecule has 13 rings (SSSR count). The van der Waals surface area contributed by atoms with Gasteiger partial charge >= 0.3 is 0 Å². The zero-order valence-electron chi connectivity index (χ0n) is 42.5. The molecule has 0 saturated carbocycles. The minimum Gasteiger partial charge on any atom is -0.310 e. The molecule has 0 saturated heterocycles. The van der Waals surface area contributed by atoms with Crippen LogP contribution in [0.25, 0.3) is 52.8 Å².